The SMILES string of the molecule is CC(C)CC(N)c1ccccc1. The zero-order valence-electron chi connectivity index (χ0n) is 7.83. The Labute approximate surface area is 74.6 Å². The van der Waals surface area contributed by atoms with Crippen molar-refractivity contribution < 1.29 is 0 Å². The molecule has 1 nitrogen and oxygen atoms in total. The van der Waals surface area contributed by atoms with Crippen molar-refractivity contribution in [1.82, 2.24) is 0 Å². The summed E-state index contributed by atoms with van der Waals surface area (Å²) in [5.41, 5.74) is 7.24. The summed E-state index contributed by atoms with van der Waals surface area (Å²) in [6.45, 7) is 4.39. The molecule has 1 heteroatoms. The van der Waals surface area contributed by atoms with Crippen LogP contribution >= 0.6 is 0 Å². The van der Waals surface area contributed by atoms with Crippen LogP contribution in [0.25, 0.3) is 0 Å². The average molecular weight is 163 g/mol. The highest BCUT2D eigenvalue weighted by atomic mass is 14.6. The molecule has 1 unspecified atom stereocenters. The molecule has 0 aliphatic heterocycles. The van der Waals surface area contributed by atoms with Gasteiger partial charge >= 0.3 is 0 Å². The summed E-state index contributed by atoms with van der Waals surface area (Å²) >= 11 is 0. The van der Waals surface area contributed by atoms with Gasteiger partial charge in [-0.05, 0) is 17.9 Å². The van der Waals surface area contributed by atoms with Crippen molar-refractivity contribution in [2.24, 2.45) is 11.7 Å². The molecule has 0 saturated carbocycles. The van der Waals surface area contributed by atoms with E-state index in [9.17, 15) is 0 Å². The van der Waals surface area contributed by atoms with Crippen LogP contribution < -0.4 is 5.73 Å². The van der Waals surface area contributed by atoms with E-state index in [1.807, 2.05) is 18.2 Å². The van der Waals surface area contributed by atoms with Crippen molar-refractivity contribution in [3.63, 3.8) is 0 Å². The first-order chi connectivity index (χ1) is 5.70. The molecule has 0 heterocycles. The van der Waals surface area contributed by atoms with Gasteiger partial charge in [0.15, 0.2) is 0 Å². The van der Waals surface area contributed by atoms with Crippen molar-refractivity contribution in [2.75, 3.05) is 0 Å². The van der Waals surface area contributed by atoms with Gasteiger partial charge in [0, 0.05) is 6.04 Å². The van der Waals surface area contributed by atoms with E-state index in [1.165, 1.54) is 5.56 Å². The van der Waals surface area contributed by atoms with E-state index in [1.54, 1.807) is 0 Å². The molecule has 0 aliphatic carbocycles. The van der Waals surface area contributed by atoms with Crippen molar-refractivity contribution >= 4 is 0 Å². The van der Waals surface area contributed by atoms with Crippen molar-refractivity contribution in [3.05, 3.63) is 35.9 Å². The smallest absolute Gasteiger partial charge is 0.0297 e. The molecular weight excluding hydrogens is 146 g/mol. The van der Waals surface area contributed by atoms with E-state index >= 15 is 0 Å². The maximum Gasteiger partial charge on any atom is 0.0297 e. The van der Waals surface area contributed by atoms with E-state index in [0.29, 0.717) is 5.92 Å². The monoisotopic (exact) mass is 163 g/mol. The van der Waals surface area contributed by atoms with Crippen LogP contribution in [0.4, 0.5) is 0 Å². The Bertz CT molecular complexity index is 216. The molecule has 0 radical (unpaired) electrons. The standard InChI is InChI=1S/C11H17N/c1-9(2)8-11(12)10-6-4-3-5-7-10/h3-7,9,11H,8,12H2,1-2H3. The number of hydrogen-bond donors (Lipinski definition) is 1. The maximum absolute atomic E-state index is 6.00. The Morgan fingerprint density at radius 3 is 2.25 bits per heavy atom. The molecule has 1 atom stereocenters. The Morgan fingerprint density at radius 2 is 1.75 bits per heavy atom. The lowest BCUT2D eigenvalue weighted by Crippen LogP contribution is -2.12. The predicted octanol–water partition coefficient (Wildman–Crippen LogP) is 2.73. The minimum atomic E-state index is 0.200. The van der Waals surface area contributed by atoms with E-state index in [-0.39, 0.29) is 6.04 Å². The Hall–Kier alpha value is -0.820. The Balaban J connectivity index is 2.59. The van der Waals surface area contributed by atoms with Crippen molar-refractivity contribution in [2.45, 2.75) is 26.3 Å². The molecule has 66 valence electrons. The van der Waals surface area contributed by atoms with Crippen LogP contribution in [0.2, 0.25) is 0 Å². The van der Waals surface area contributed by atoms with Gasteiger partial charge in [0.05, 0.1) is 0 Å². The number of nitrogens with two attached hydrogens (primary N) is 1. The van der Waals surface area contributed by atoms with E-state index in [0.717, 1.165) is 6.42 Å². The van der Waals surface area contributed by atoms with Crippen molar-refractivity contribution in [3.8, 4) is 0 Å². The van der Waals surface area contributed by atoms with Crippen LogP contribution in [0.3, 0.4) is 0 Å². The third kappa shape index (κ3) is 2.67. The maximum atomic E-state index is 6.00. The van der Waals surface area contributed by atoms with Gasteiger partial charge < -0.3 is 5.73 Å². The highest BCUT2D eigenvalue weighted by molar-refractivity contribution is 5.18. The summed E-state index contributed by atoms with van der Waals surface area (Å²) in [7, 11) is 0. The minimum absolute atomic E-state index is 0.200. The van der Waals surface area contributed by atoms with Gasteiger partial charge in [0.1, 0.15) is 0 Å². The number of rotatable bonds is 3. The fourth-order valence-corrected chi connectivity index (χ4v) is 1.34. The minimum Gasteiger partial charge on any atom is -0.324 e. The second kappa shape index (κ2) is 4.27. The van der Waals surface area contributed by atoms with E-state index in [4.69, 9.17) is 5.73 Å². The van der Waals surface area contributed by atoms with Gasteiger partial charge in [-0.25, -0.2) is 0 Å². The summed E-state index contributed by atoms with van der Waals surface area (Å²) in [6.07, 6.45) is 1.06. The van der Waals surface area contributed by atoms with Gasteiger partial charge in [-0.2, -0.15) is 0 Å². The van der Waals surface area contributed by atoms with Gasteiger partial charge in [0.25, 0.3) is 0 Å². The van der Waals surface area contributed by atoms with Gasteiger partial charge in [-0.3, -0.25) is 0 Å². The second-order valence-corrected chi connectivity index (χ2v) is 3.65. The summed E-state index contributed by atoms with van der Waals surface area (Å²) in [6, 6.07) is 10.5. The summed E-state index contributed by atoms with van der Waals surface area (Å²) in [4.78, 5) is 0. The van der Waals surface area contributed by atoms with Crippen LogP contribution in [-0.4, -0.2) is 0 Å². The third-order valence-corrected chi connectivity index (χ3v) is 1.95. The average Bonchev–Trinajstić information content (AvgIpc) is 2.05. The molecule has 0 spiro atoms. The summed E-state index contributed by atoms with van der Waals surface area (Å²) in [5, 5.41) is 0. The lowest BCUT2D eigenvalue weighted by atomic mass is 9.98. The number of benzene rings is 1. The second-order valence-electron chi connectivity index (χ2n) is 3.65. The zero-order valence-corrected chi connectivity index (χ0v) is 7.83. The van der Waals surface area contributed by atoms with Crippen LogP contribution in [0, 0.1) is 5.92 Å². The molecule has 2 N–H and O–H groups in total. The molecular formula is C11H17N. The van der Waals surface area contributed by atoms with E-state index < -0.39 is 0 Å². The van der Waals surface area contributed by atoms with Crippen LogP contribution in [0.5, 0.6) is 0 Å². The van der Waals surface area contributed by atoms with Gasteiger partial charge in [-0.1, -0.05) is 44.2 Å². The summed E-state index contributed by atoms with van der Waals surface area (Å²) in [5.74, 6) is 0.667. The molecule has 0 amide bonds. The first-order valence-corrected chi connectivity index (χ1v) is 4.50. The van der Waals surface area contributed by atoms with Crippen LogP contribution in [0.1, 0.15) is 31.9 Å². The van der Waals surface area contributed by atoms with Crippen LogP contribution in [0.15, 0.2) is 30.3 Å². The highest BCUT2D eigenvalue weighted by Gasteiger charge is 2.06. The largest absolute Gasteiger partial charge is 0.324 e. The third-order valence-electron chi connectivity index (χ3n) is 1.95. The lowest BCUT2D eigenvalue weighted by molar-refractivity contribution is 0.510. The predicted molar refractivity (Wildman–Crippen MR) is 52.8 cm³/mol. The molecule has 1 aromatic carbocycles. The molecule has 1 rings (SSSR count). The number of hydrogen-bond acceptors (Lipinski definition) is 1. The fraction of sp³-hybridized carbons (Fsp3) is 0.455. The Kier molecular flexibility index (Phi) is 3.30. The molecule has 0 aliphatic rings. The molecule has 0 bridgehead atoms. The quantitative estimate of drug-likeness (QED) is 0.728. The summed E-state index contributed by atoms with van der Waals surface area (Å²) < 4.78 is 0. The molecule has 12 heavy (non-hydrogen) atoms. The molecule has 1 aromatic rings. The first kappa shape index (κ1) is 9.27. The molecule has 0 aromatic heterocycles. The topological polar surface area (TPSA) is 26.0 Å². The van der Waals surface area contributed by atoms with Gasteiger partial charge in [-0.15, -0.1) is 0 Å². The molecule has 0 fully saturated rings. The lowest BCUT2D eigenvalue weighted by Gasteiger charge is -2.13. The fourth-order valence-electron chi connectivity index (χ4n) is 1.34. The normalized spacial score (nSPS) is 13.3. The van der Waals surface area contributed by atoms with E-state index in [2.05, 4.69) is 26.0 Å². The zero-order chi connectivity index (χ0) is 8.97. The molecule has 0 saturated heterocycles. The highest BCUT2D eigenvalue weighted by Crippen LogP contribution is 2.17. The van der Waals surface area contributed by atoms with Crippen molar-refractivity contribution in [1.29, 1.82) is 0 Å². The van der Waals surface area contributed by atoms with Gasteiger partial charge in [0.2, 0.25) is 0 Å². The first-order valence-electron chi connectivity index (χ1n) is 4.50. The van der Waals surface area contributed by atoms with Crippen LogP contribution in [-0.2, 0) is 0 Å². The Morgan fingerprint density at radius 1 is 1.17 bits per heavy atom.